The third-order valence-corrected chi connectivity index (χ3v) is 6.78. The van der Waals surface area contributed by atoms with Gasteiger partial charge in [0.1, 0.15) is 25.8 Å². The molecular formula is C30H38O6. The molecule has 4 rings (SSSR count). The zero-order valence-corrected chi connectivity index (χ0v) is 20.9. The van der Waals surface area contributed by atoms with Gasteiger partial charge < -0.3 is 28.4 Å². The van der Waals surface area contributed by atoms with Gasteiger partial charge >= 0.3 is 0 Å². The van der Waals surface area contributed by atoms with Crippen LogP contribution in [0.1, 0.15) is 36.8 Å². The maximum Gasteiger partial charge on any atom is 0.147 e. The molecule has 2 heterocycles. The van der Waals surface area contributed by atoms with Gasteiger partial charge in [-0.3, -0.25) is 0 Å². The van der Waals surface area contributed by atoms with E-state index in [9.17, 15) is 0 Å². The van der Waals surface area contributed by atoms with E-state index >= 15 is 0 Å². The molecule has 2 aromatic rings. The topological polar surface area (TPSA) is 55.4 Å². The van der Waals surface area contributed by atoms with Crippen molar-refractivity contribution < 1.29 is 28.4 Å². The lowest BCUT2D eigenvalue weighted by atomic mass is 9.97. The monoisotopic (exact) mass is 494 g/mol. The van der Waals surface area contributed by atoms with Gasteiger partial charge in [0, 0.05) is 0 Å². The molecular weight excluding hydrogens is 456 g/mol. The van der Waals surface area contributed by atoms with Gasteiger partial charge in [0.15, 0.2) is 0 Å². The molecule has 6 atom stereocenters. The highest BCUT2D eigenvalue weighted by atomic mass is 16.7. The average molecular weight is 495 g/mol. The molecule has 6 heteroatoms. The minimum Gasteiger partial charge on any atom is -0.367 e. The molecule has 0 aliphatic carbocycles. The molecule has 194 valence electrons. The third-order valence-electron chi connectivity index (χ3n) is 6.78. The predicted molar refractivity (Wildman–Crippen MR) is 138 cm³/mol. The van der Waals surface area contributed by atoms with Crippen LogP contribution in [0.15, 0.2) is 86.0 Å². The molecule has 2 saturated heterocycles. The van der Waals surface area contributed by atoms with E-state index in [2.05, 4.69) is 37.4 Å². The van der Waals surface area contributed by atoms with E-state index in [-0.39, 0.29) is 50.2 Å². The van der Waals surface area contributed by atoms with Crippen LogP contribution in [0, 0.1) is 0 Å². The normalized spacial score (nSPS) is 26.8. The Labute approximate surface area is 214 Å². The SMILES string of the molecule is C=C[C@@H](OCc1ccccc1)[C@H]1CC[C@H]([C@H]2CC[C@H]([C@@H](C=C)OCc3ccccc3)OCO2)OCO1. The number of rotatable bonds is 11. The van der Waals surface area contributed by atoms with Crippen LogP contribution in [-0.4, -0.2) is 50.2 Å². The van der Waals surface area contributed by atoms with Crippen molar-refractivity contribution >= 4 is 0 Å². The average Bonchev–Trinajstić information content (AvgIpc) is 3.32. The number of hydrogen-bond acceptors (Lipinski definition) is 6. The van der Waals surface area contributed by atoms with Crippen molar-refractivity contribution in [1.29, 1.82) is 0 Å². The Morgan fingerprint density at radius 2 is 1.06 bits per heavy atom. The summed E-state index contributed by atoms with van der Waals surface area (Å²) in [6, 6.07) is 20.2. The second-order valence-electron chi connectivity index (χ2n) is 9.20. The maximum atomic E-state index is 6.11. The number of ether oxygens (including phenoxy) is 6. The van der Waals surface area contributed by atoms with Crippen LogP contribution in [0.2, 0.25) is 0 Å². The lowest BCUT2D eigenvalue weighted by molar-refractivity contribution is -0.171. The van der Waals surface area contributed by atoms with Crippen molar-refractivity contribution in [1.82, 2.24) is 0 Å². The largest absolute Gasteiger partial charge is 0.367 e. The summed E-state index contributed by atoms with van der Waals surface area (Å²) in [5, 5.41) is 0. The van der Waals surface area contributed by atoms with Crippen LogP contribution in [0.5, 0.6) is 0 Å². The summed E-state index contributed by atoms with van der Waals surface area (Å²) in [6.45, 7) is 9.36. The van der Waals surface area contributed by atoms with E-state index in [1.54, 1.807) is 0 Å². The summed E-state index contributed by atoms with van der Waals surface area (Å²) in [5.41, 5.74) is 2.25. The van der Waals surface area contributed by atoms with Crippen molar-refractivity contribution in [2.24, 2.45) is 0 Å². The minimum atomic E-state index is -0.203. The molecule has 2 aliphatic rings. The van der Waals surface area contributed by atoms with E-state index in [1.165, 1.54) is 0 Å². The first-order chi connectivity index (χ1) is 17.8. The smallest absolute Gasteiger partial charge is 0.147 e. The standard InChI is InChI=1S/C30H38O6/c1-3-25(31-19-23-11-7-5-8-12-23)27-15-17-29(35-21-33-27)30-18-16-28(34-22-36-30)26(4-2)32-20-24-13-9-6-10-14-24/h3-14,25-30H,1-2,15-22H2/t25-,26-,27-,28-,29-,30-/m1/s1. The molecule has 0 saturated carbocycles. The fourth-order valence-corrected chi connectivity index (χ4v) is 4.71. The molecule has 0 N–H and O–H groups in total. The highest BCUT2D eigenvalue weighted by molar-refractivity contribution is 5.14. The van der Waals surface area contributed by atoms with Crippen LogP contribution in [-0.2, 0) is 41.6 Å². The van der Waals surface area contributed by atoms with Gasteiger partial charge in [0.05, 0.1) is 37.6 Å². The fourth-order valence-electron chi connectivity index (χ4n) is 4.71. The lowest BCUT2D eigenvalue weighted by Crippen LogP contribution is -2.31. The number of benzene rings is 2. The van der Waals surface area contributed by atoms with Gasteiger partial charge in [-0.2, -0.15) is 0 Å². The van der Waals surface area contributed by atoms with Crippen molar-refractivity contribution in [2.45, 2.75) is 75.5 Å². The van der Waals surface area contributed by atoms with Gasteiger partial charge in [-0.15, -0.1) is 13.2 Å². The van der Waals surface area contributed by atoms with E-state index in [1.807, 2.05) is 48.6 Å². The first kappa shape index (κ1) is 26.7. The van der Waals surface area contributed by atoms with Crippen molar-refractivity contribution in [2.75, 3.05) is 13.6 Å². The Kier molecular flexibility index (Phi) is 10.7. The summed E-state index contributed by atoms with van der Waals surface area (Å²) in [7, 11) is 0. The van der Waals surface area contributed by atoms with Crippen molar-refractivity contribution in [3.05, 3.63) is 97.1 Å². The molecule has 0 amide bonds. The summed E-state index contributed by atoms with van der Waals surface area (Å²) in [4.78, 5) is 0. The highest BCUT2D eigenvalue weighted by Gasteiger charge is 2.34. The highest BCUT2D eigenvalue weighted by Crippen LogP contribution is 2.27. The maximum absolute atomic E-state index is 6.11. The molecule has 36 heavy (non-hydrogen) atoms. The van der Waals surface area contributed by atoms with Crippen LogP contribution >= 0.6 is 0 Å². The second kappa shape index (κ2) is 14.4. The first-order valence-electron chi connectivity index (χ1n) is 12.8. The summed E-state index contributed by atoms with van der Waals surface area (Å²) in [5.74, 6) is 0. The van der Waals surface area contributed by atoms with Gasteiger partial charge in [0.25, 0.3) is 0 Å². The van der Waals surface area contributed by atoms with Crippen LogP contribution in [0.25, 0.3) is 0 Å². The van der Waals surface area contributed by atoms with Gasteiger partial charge in [-0.1, -0.05) is 72.8 Å². The Balaban J connectivity index is 1.25. The molecule has 0 spiro atoms. The van der Waals surface area contributed by atoms with E-state index in [4.69, 9.17) is 28.4 Å². The van der Waals surface area contributed by atoms with Gasteiger partial charge in [0.2, 0.25) is 0 Å². The molecule has 0 radical (unpaired) electrons. The molecule has 0 aromatic heterocycles. The van der Waals surface area contributed by atoms with Crippen molar-refractivity contribution in [3.63, 3.8) is 0 Å². The molecule has 2 aromatic carbocycles. The zero-order valence-electron chi connectivity index (χ0n) is 20.9. The quantitative estimate of drug-likeness (QED) is 0.381. The first-order valence-corrected chi connectivity index (χ1v) is 12.8. The van der Waals surface area contributed by atoms with Crippen LogP contribution in [0.3, 0.4) is 0 Å². The molecule has 6 nitrogen and oxygen atoms in total. The summed E-state index contributed by atoms with van der Waals surface area (Å²) < 4.78 is 36.4. The van der Waals surface area contributed by atoms with Crippen LogP contribution < -0.4 is 0 Å². The molecule has 0 unspecified atom stereocenters. The second-order valence-corrected chi connectivity index (χ2v) is 9.20. The van der Waals surface area contributed by atoms with E-state index in [0.717, 1.165) is 36.8 Å². The van der Waals surface area contributed by atoms with Crippen LogP contribution in [0.4, 0.5) is 0 Å². The van der Waals surface area contributed by atoms with E-state index < -0.39 is 0 Å². The van der Waals surface area contributed by atoms with Crippen molar-refractivity contribution in [3.8, 4) is 0 Å². The summed E-state index contributed by atoms with van der Waals surface area (Å²) in [6.07, 6.45) is 6.11. The Morgan fingerprint density at radius 1 is 0.639 bits per heavy atom. The predicted octanol–water partition coefficient (Wildman–Crippen LogP) is 5.57. The molecule has 0 bridgehead atoms. The Bertz CT molecular complexity index is 829. The lowest BCUT2D eigenvalue weighted by Gasteiger charge is -2.24. The Morgan fingerprint density at radius 3 is 1.44 bits per heavy atom. The molecule has 2 fully saturated rings. The molecule has 2 aliphatic heterocycles. The van der Waals surface area contributed by atoms with Gasteiger partial charge in [-0.05, 0) is 36.8 Å². The summed E-state index contributed by atoms with van der Waals surface area (Å²) >= 11 is 0. The number of hydrogen-bond donors (Lipinski definition) is 0. The minimum absolute atomic E-state index is 0.0654. The zero-order chi connectivity index (χ0) is 25.0. The third kappa shape index (κ3) is 7.84. The fraction of sp³-hybridized carbons (Fsp3) is 0.467. The van der Waals surface area contributed by atoms with E-state index in [0.29, 0.717) is 13.2 Å². The van der Waals surface area contributed by atoms with Gasteiger partial charge in [-0.25, -0.2) is 0 Å². The Hall–Kier alpha value is -2.32.